The van der Waals surface area contributed by atoms with Crippen LogP contribution in [0.3, 0.4) is 0 Å². The summed E-state index contributed by atoms with van der Waals surface area (Å²) in [5, 5.41) is 9.86. The molecule has 2 aromatic carbocycles. The topological polar surface area (TPSA) is 59.0 Å². The minimum absolute atomic E-state index is 0.270. The maximum atomic E-state index is 12.0. The van der Waals surface area contributed by atoms with Crippen LogP contribution in [0.2, 0.25) is 0 Å². The van der Waals surface area contributed by atoms with Gasteiger partial charge in [-0.3, -0.25) is 0 Å². The summed E-state index contributed by atoms with van der Waals surface area (Å²) in [5.41, 5.74) is 3.44. The van der Waals surface area contributed by atoms with Gasteiger partial charge in [-0.15, -0.1) is 0 Å². The van der Waals surface area contributed by atoms with Gasteiger partial charge >= 0.3 is 6.03 Å². The molecule has 5 nitrogen and oxygen atoms in total. The normalized spacial score (nSPS) is 10.3. The molecule has 3 aromatic rings. The van der Waals surface area contributed by atoms with Crippen molar-refractivity contribution in [2.24, 2.45) is 0 Å². The van der Waals surface area contributed by atoms with Crippen LogP contribution in [-0.4, -0.2) is 15.8 Å². The van der Waals surface area contributed by atoms with Gasteiger partial charge in [0, 0.05) is 17.6 Å². The first-order valence-electron chi connectivity index (χ1n) is 7.06. The van der Waals surface area contributed by atoms with E-state index in [1.54, 1.807) is 10.9 Å². The van der Waals surface area contributed by atoms with Crippen LogP contribution in [0.15, 0.2) is 65.4 Å². The summed E-state index contributed by atoms with van der Waals surface area (Å²) >= 11 is 3.37. The smallest absolute Gasteiger partial charge is 0.308 e. The Balaban J connectivity index is 1.66. The maximum absolute atomic E-state index is 12.0. The number of aryl methyl sites for hydroxylation is 1. The predicted octanol–water partition coefficient (Wildman–Crippen LogP) is 4.59. The SMILES string of the molecule is Cc1ccccc1NC(=O)Nc1ccc(-n2cc(Br)cn2)cc1. The highest BCUT2D eigenvalue weighted by Gasteiger charge is 2.05. The number of rotatable bonds is 3. The summed E-state index contributed by atoms with van der Waals surface area (Å²) in [6, 6.07) is 14.8. The number of halogens is 1. The molecular formula is C17H15BrN4O. The standard InChI is InChI=1S/C17H15BrN4O/c1-12-4-2-3-5-16(12)21-17(23)20-14-6-8-15(9-7-14)22-11-13(18)10-19-22/h2-11H,1H3,(H2,20,21,23). The molecular weight excluding hydrogens is 356 g/mol. The largest absolute Gasteiger partial charge is 0.323 e. The van der Waals surface area contributed by atoms with Crippen LogP contribution in [0.4, 0.5) is 16.2 Å². The first kappa shape index (κ1) is 15.3. The minimum atomic E-state index is -0.270. The molecule has 116 valence electrons. The Kier molecular flexibility index (Phi) is 4.43. The highest BCUT2D eigenvalue weighted by Crippen LogP contribution is 2.17. The van der Waals surface area contributed by atoms with Crippen molar-refractivity contribution < 1.29 is 4.79 Å². The van der Waals surface area contributed by atoms with Crippen LogP contribution >= 0.6 is 15.9 Å². The Morgan fingerprint density at radius 1 is 1.09 bits per heavy atom. The quantitative estimate of drug-likeness (QED) is 0.708. The second kappa shape index (κ2) is 6.66. The van der Waals surface area contributed by atoms with Crippen molar-refractivity contribution in [2.75, 3.05) is 10.6 Å². The molecule has 0 fully saturated rings. The van der Waals surface area contributed by atoms with Gasteiger partial charge in [-0.05, 0) is 58.7 Å². The average molecular weight is 371 g/mol. The molecule has 2 amide bonds. The van der Waals surface area contributed by atoms with Crippen LogP contribution < -0.4 is 10.6 Å². The number of nitrogens with zero attached hydrogens (tertiary/aromatic N) is 2. The molecule has 0 saturated carbocycles. The third kappa shape index (κ3) is 3.78. The fourth-order valence-corrected chi connectivity index (χ4v) is 2.42. The molecule has 0 aliphatic heterocycles. The Hall–Kier alpha value is -2.60. The zero-order chi connectivity index (χ0) is 16.2. The molecule has 0 aliphatic carbocycles. The number of carbonyl (C=O) groups is 1. The fourth-order valence-electron chi connectivity index (χ4n) is 2.14. The lowest BCUT2D eigenvalue weighted by molar-refractivity contribution is 0.262. The summed E-state index contributed by atoms with van der Waals surface area (Å²) in [6.45, 7) is 1.95. The van der Waals surface area contributed by atoms with Gasteiger partial charge < -0.3 is 10.6 Å². The van der Waals surface area contributed by atoms with E-state index >= 15 is 0 Å². The van der Waals surface area contributed by atoms with Crippen molar-refractivity contribution in [3.63, 3.8) is 0 Å². The summed E-state index contributed by atoms with van der Waals surface area (Å²) in [5.74, 6) is 0. The van der Waals surface area contributed by atoms with E-state index in [0.29, 0.717) is 5.69 Å². The third-order valence-corrected chi connectivity index (χ3v) is 3.74. The lowest BCUT2D eigenvalue weighted by Crippen LogP contribution is -2.19. The highest BCUT2D eigenvalue weighted by atomic mass is 79.9. The summed E-state index contributed by atoms with van der Waals surface area (Å²) in [7, 11) is 0. The van der Waals surface area contributed by atoms with E-state index in [2.05, 4.69) is 31.7 Å². The number of carbonyl (C=O) groups excluding carboxylic acids is 1. The van der Waals surface area contributed by atoms with Crippen molar-refractivity contribution in [3.8, 4) is 5.69 Å². The lowest BCUT2D eigenvalue weighted by atomic mass is 10.2. The molecule has 0 aliphatic rings. The first-order valence-corrected chi connectivity index (χ1v) is 7.85. The summed E-state index contributed by atoms with van der Waals surface area (Å²) in [4.78, 5) is 12.0. The van der Waals surface area contributed by atoms with E-state index in [4.69, 9.17) is 0 Å². The van der Waals surface area contributed by atoms with Crippen molar-refractivity contribution in [3.05, 3.63) is 71.0 Å². The van der Waals surface area contributed by atoms with Crippen LogP contribution in [0, 0.1) is 6.92 Å². The van der Waals surface area contributed by atoms with Crippen LogP contribution in [0.1, 0.15) is 5.56 Å². The number of aromatic nitrogens is 2. The van der Waals surface area contributed by atoms with Gasteiger partial charge in [-0.2, -0.15) is 5.10 Å². The molecule has 0 radical (unpaired) electrons. The second-order valence-corrected chi connectivity index (χ2v) is 5.96. The van der Waals surface area contributed by atoms with Crippen LogP contribution in [0.25, 0.3) is 5.69 Å². The van der Waals surface area contributed by atoms with E-state index in [0.717, 1.165) is 21.4 Å². The number of para-hydroxylation sites is 1. The van der Waals surface area contributed by atoms with Crippen molar-refractivity contribution in [1.82, 2.24) is 9.78 Å². The zero-order valence-corrected chi connectivity index (χ0v) is 14.0. The monoisotopic (exact) mass is 370 g/mol. The second-order valence-electron chi connectivity index (χ2n) is 5.04. The Labute approximate surface area is 142 Å². The molecule has 0 unspecified atom stereocenters. The molecule has 6 heteroatoms. The Morgan fingerprint density at radius 2 is 1.83 bits per heavy atom. The molecule has 0 spiro atoms. The van der Waals surface area contributed by atoms with Crippen LogP contribution in [-0.2, 0) is 0 Å². The summed E-state index contributed by atoms with van der Waals surface area (Å²) < 4.78 is 2.67. The van der Waals surface area contributed by atoms with Gasteiger partial charge in [0.15, 0.2) is 0 Å². The molecule has 23 heavy (non-hydrogen) atoms. The van der Waals surface area contributed by atoms with E-state index in [9.17, 15) is 4.79 Å². The van der Waals surface area contributed by atoms with Gasteiger partial charge in [-0.1, -0.05) is 18.2 Å². The molecule has 3 rings (SSSR count). The molecule has 0 bridgehead atoms. The lowest BCUT2D eigenvalue weighted by Gasteiger charge is -2.10. The molecule has 0 atom stereocenters. The highest BCUT2D eigenvalue weighted by molar-refractivity contribution is 9.10. The number of nitrogens with one attached hydrogen (secondary N) is 2. The zero-order valence-electron chi connectivity index (χ0n) is 12.5. The van der Waals surface area contributed by atoms with Crippen molar-refractivity contribution in [1.29, 1.82) is 0 Å². The first-order chi connectivity index (χ1) is 11.1. The fraction of sp³-hybridized carbons (Fsp3) is 0.0588. The Morgan fingerprint density at radius 3 is 2.48 bits per heavy atom. The predicted molar refractivity (Wildman–Crippen MR) is 95.1 cm³/mol. The van der Waals surface area contributed by atoms with E-state index < -0.39 is 0 Å². The average Bonchev–Trinajstić information content (AvgIpc) is 2.97. The van der Waals surface area contributed by atoms with Crippen LogP contribution in [0.5, 0.6) is 0 Å². The number of hydrogen-bond acceptors (Lipinski definition) is 2. The third-order valence-electron chi connectivity index (χ3n) is 3.33. The van der Waals surface area contributed by atoms with Gasteiger partial charge in [0.1, 0.15) is 0 Å². The molecule has 0 saturated heterocycles. The number of benzene rings is 2. The van der Waals surface area contributed by atoms with Gasteiger partial charge in [0.25, 0.3) is 0 Å². The van der Waals surface area contributed by atoms with Crippen molar-refractivity contribution in [2.45, 2.75) is 6.92 Å². The van der Waals surface area contributed by atoms with Gasteiger partial charge in [0.05, 0.1) is 16.4 Å². The van der Waals surface area contributed by atoms with E-state index in [-0.39, 0.29) is 6.03 Å². The number of hydrogen-bond donors (Lipinski definition) is 2. The number of anilines is 2. The molecule has 1 heterocycles. The molecule has 1 aromatic heterocycles. The number of urea groups is 1. The summed E-state index contributed by atoms with van der Waals surface area (Å²) in [6.07, 6.45) is 3.59. The van der Waals surface area contributed by atoms with Gasteiger partial charge in [0.2, 0.25) is 0 Å². The Bertz CT molecular complexity index is 827. The van der Waals surface area contributed by atoms with E-state index in [1.807, 2.05) is 61.7 Å². The molecule has 2 N–H and O–H groups in total. The number of amides is 2. The van der Waals surface area contributed by atoms with E-state index in [1.165, 1.54) is 0 Å². The van der Waals surface area contributed by atoms with Crippen molar-refractivity contribution >= 4 is 33.3 Å². The minimum Gasteiger partial charge on any atom is -0.308 e. The maximum Gasteiger partial charge on any atom is 0.323 e. The van der Waals surface area contributed by atoms with Gasteiger partial charge in [-0.25, -0.2) is 9.48 Å².